The van der Waals surface area contributed by atoms with Gasteiger partial charge in [-0.15, -0.1) is 0 Å². The number of hydrogen-bond donors (Lipinski definition) is 3. The highest BCUT2D eigenvalue weighted by Gasteiger charge is 2.33. The number of carbonyl (C=O) groups is 2. The molecule has 0 radical (unpaired) electrons. The molecule has 6 nitrogen and oxygen atoms in total. The summed E-state index contributed by atoms with van der Waals surface area (Å²) in [5, 5.41) is 15.3. The molecule has 2 fully saturated rings. The first-order valence-electron chi connectivity index (χ1n) is 6.53. The Bertz CT molecular complexity index is 327. The average Bonchev–Trinajstić information content (AvgIpc) is 2.75. The molecule has 2 unspecified atom stereocenters. The molecule has 2 atom stereocenters. The molecule has 0 saturated carbocycles. The fourth-order valence-corrected chi connectivity index (χ4v) is 2.66. The van der Waals surface area contributed by atoms with Gasteiger partial charge in [0.05, 0.1) is 12.1 Å². The predicted octanol–water partition coefficient (Wildman–Crippen LogP) is -1.16. The van der Waals surface area contributed by atoms with E-state index in [1.54, 1.807) is 0 Å². The maximum atomic E-state index is 12.1. The van der Waals surface area contributed by atoms with Crippen LogP contribution < -0.4 is 10.6 Å². The molecule has 2 heterocycles. The number of aliphatic hydroxyl groups is 1. The van der Waals surface area contributed by atoms with Crippen LogP contribution in [-0.2, 0) is 9.59 Å². The molecular formula is C12H21N3O3. The normalized spacial score (nSPS) is 29.3. The number of piperidine rings is 1. The molecule has 102 valence electrons. The molecule has 3 N–H and O–H groups in total. The number of nitrogens with zero attached hydrogens (tertiary/aromatic N) is 1. The third kappa shape index (κ3) is 3.20. The van der Waals surface area contributed by atoms with Crippen molar-refractivity contribution in [1.29, 1.82) is 0 Å². The van der Waals surface area contributed by atoms with E-state index in [4.69, 9.17) is 0 Å². The molecule has 0 bridgehead atoms. The minimum atomic E-state index is -0.407. The van der Waals surface area contributed by atoms with Gasteiger partial charge in [0.25, 0.3) is 0 Å². The molecule has 0 aliphatic carbocycles. The zero-order valence-electron chi connectivity index (χ0n) is 10.7. The Morgan fingerprint density at radius 2 is 2.00 bits per heavy atom. The van der Waals surface area contributed by atoms with Gasteiger partial charge in [0.15, 0.2) is 0 Å². The molecule has 0 aromatic heterocycles. The van der Waals surface area contributed by atoms with E-state index in [1.807, 2.05) is 4.90 Å². The second-order valence-electron chi connectivity index (χ2n) is 5.15. The summed E-state index contributed by atoms with van der Waals surface area (Å²) in [6.45, 7) is 3.37. The van der Waals surface area contributed by atoms with Gasteiger partial charge < -0.3 is 20.6 Å². The molecule has 0 aromatic rings. The van der Waals surface area contributed by atoms with Crippen molar-refractivity contribution in [3.05, 3.63) is 0 Å². The third-order valence-corrected chi connectivity index (χ3v) is 3.62. The summed E-state index contributed by atoms with van der Waals surface area (Å²) in [5.74, 6) is 0.0631. The molecule has 6 heteroatoms. The number of rotatable bonds is 2. The van der Waals surface area contributed by atoms with E-state index >= 15 is 0 Å². The highest BCUT2D eigenvalue weighted by molar-refractivity contribution is 5.82. The standard InChI is InChI=1S/C12H21N3O3/c1-8(16)14-9-2-4-15(5-3-9)12(18)11-6-10(17)7-13-11/h9-11,13,17H,2-7H2,1H3,(H,14,16). The van der Waals surface area contributed by atoms with Gasteiger partial charge in [-0.2, -0.15) is 0 Å². The van der Waals surface area contributed by atoms with Gasteiger partial charge >= 0.3 is 0 Å². The van der Waals surface area contributed by atoms with E-state index in [9.17, 15) is 14.7 Å². The molecule has 2 aliphatic heterocycles. The van der Waals surface area contributed by atoms with Crippen molar-refractivity contribution in [1.82, 2.24) is 15.5 Å². The van der Waals surface area contributed by atoms with Crippen LogP contribution in [0.1, 0.15) is 26.2 Å². The minimum absolute atomic E-state index is 0.0136. The number of likely N-dealkylation sites (tertiary alicyclic amines) is 1. The predicted molar refractivity (Wildman–Crippen MR) is 65.8 cm³/mol. The smallest absolute Gasteiger partial charge is 0.239 e. The zero-order valence-corrected chi connectivity index (χ0v) is 10.7. The van der Waals surface area contributed by atoms with Crippen molar-refractivity contribution in [2.75, 3.05) is 19.6 Å². The van der Waals surface area contributed by atoms with Gasteiger partial charge in [-0.05, 0) is 19.3 Å². The largest absolute Gasteiger partial charge is 0.392 e. The number of aliphatic hydroxyl groups excluding tert-OH is 1. The number of β-amino-alcohol motifs (C(OH)–C–C–N with tert-alkyl or cyclic N) is 1. The van der Waals surface area contributed by atoms with E-state index in [1.165, 1.54) is 6.92 Å². The van der Waals surface area contributed by atoms with Crippen LogP contribution in [-0.4, -0.2) is 59.6 Å². The van der Waals surface area contributed by atoms with Crippen LogP contribution in [0.2, 0.25) is 0 Å². The van der Waals surface area contributed by atoms with Crippen LogP contribution in [0.5, 0.6) is 0 Å². The first-order chi connectivity index (χ1) is 8.56. The van der Waals surface area contributed by atoms with Crippen LogP contribution >= 0.6 is 0 Å². The molecule has 0 aromatic carbocycles. The molecule has 2 saturated heterocycles. The number of amides is 2. The van der Waals surface area contributed by atoms with Crippen LogP contribution in [0.4, 0.5) is 0 Å². The van der Waals surface area contributed by atoms with Crippen molar-refractivity contribution in [2.45, 2.75) is 44.4 Å². The lowest BCUT2D eigenvalue weighted by atomic mass is 10.0. The Morgan fingerprint density at radius 1 is 1.33 bits per heavy atom. The molecule has 2 aliphatic rings. The van der Waals surface area contributed by atoms with Crippen molar-refractivity contribution >= 4 is 11.8 Å². The van der Waals surface area contributed by atoms with Crippen LogP contribution in [0, 0.1) is 0 Å². The van der Waals surface area contributed by atoms with Gasteiger partial charge in [-0.25, -0.2) is 0 Å². The van der Waals surface area contributed by atoms with Crippen LogP contribution in [0.15, 0.2) is 0 Å². The van der Waals surface area contributed by atoms with Crippen LogP contribution in [0.3, 0.4) is 0 Å². The van der Waals surface area contributed by atoms with Gasteiger partial charge in [0, 0.05) is 32.6 Å². The second kappa shape index (κ2) is 5.67. The third-order valence-electron chi connectivity index (χ3n) is 3.62. The summed E-state index contributed by atoms with van der Waals surface area (Å²) in [7, 11) is 0. The molecule has 18 heavy (non-hydrogen) atoms. The highest BCUT2D eigenvalue weighted by atomic mass is 16.3. The Hall–Kier alpha value is -1.14. The van der Waals surface area contributed by atoms with E-state index in [2.05, 4.69) is 10.6 Å². The summed E-state index contributed by atoms with van der Waals surface area (Å²) >= 11 is 0. The lowest BCUT2D eigenvalue weighted by Gasteiger charge is -2.33. The first-order valence-corrected chi connectivity index (χ1v) is 6.53. The average molecular weight is 255 g/mol. The molecule has 0 spiro atoms. The summed E-state index contributed by atoms with van der Waals surface area (Å²) in [5.41, 5.74) is 0. The zero-order chi connectivity index (χ0) is 13.1. The molecular weight excluding hydrogens is 234 g/mol. The van der Waals surface area contributed by atoms with E-state index in [0.29, 0.717) is 26.1 Å². The van der Waals surface area contributed by atoms with E-state index < -0.39 is 6.10 Å². The van der Waals surface area contributed by atoms with Gasteiger partial charge in [-0.1, -0.05) is 0 Å². The Balaban J connectivity index is 1.79. The van der Waals surface area contributed by atoms with Crippen molar-refractivity contribution in [3.63, 3.8) is 0 Å². The van der Waals surface area contributed by atoms with Crippen molar-refractivity contribution in [3.8, 4) is 0 Å². The second-order valence-corrected chi connectivity index (χ2v) is 5.15. The SMILES string of the molecule is CC(=O)NC1CCN(C(=O)C2CC(O)CN2)CC1. The lowest BCUT2D eigenvalue weighted by Crippen LogP contribution is -2.50. The van der Waals surface area contributed by atoms with Crippen molar-refractivity contribution in [2.24, 2.45) is 0 Å². The van der Waals surface area contributed by atoms with Gasteiger partial charge in [0.1, 0.15) is 0 Å². The maximum Gasteiger partial charge on any atom is 0.239 e. The summed E-state index contributed by atoms with van der Waals surface area (Å²) < 4.78 is 0. The Morgan fingerprint density at radius 3 is 2.50 bits per heavy atom. The topological polar surface area (TPSA) is 81.7 Å². The number of carbonyl (C=O) groups excluding carboxylic acids is 2. The van der Waals surface area contributed by atoms with Crippen molar-refractivity contribution < 1.29 is 14.7 Å². The monoisotopic (exact) mass is 255 g/mol. The lowest BCUT2D eigenvalue weighted by molar-refractivity contribution is -0.134. The fraction of sp³-hybridized carbons (Fsp3) is 0.833. The van der Waals surface area contributed by atoms with E-state index in [0.717, 1.165) is 12.8 Å². The van der Waals surface area contributed by atoms with Gasteiger partial charge in [0.2, 0.25) is 11.8 Å². The van der Waals surface area contributed by atoms with Gasteiger partial charge in [-0.3, -0.25) is 9.59 Å². The number of hydrogen-bond acceptors (Lipinski definition) is 4. The minimum Gasteiger partial charge on any atom is -0.392 e. The Labute approximate surface area is 107 Å². The Kier molecular flexibility index (Phi) is 4.19. The summed E-state index contributed by atoms with van der Waals surface area (Å²) in [6.07, 6.45) is 1.71. The molecule has 2 rings (SSSR count). The van der Waals surface area contributed by atoms with Crippen LogP contribution in [0.25, 0.3) is 0 Å². The maximum absolute atomic E-state index is 12.1. The number of nitrogens with one attached hydrogen (secondary N) is 2. The quantitative estimate of drug-likeness (QED) is 0.581. The fourth-order valence-electron chi connectivity index (χ4n) is 2.66. The first kappa shape index (κ1) is 13.3. The molecule has 2 amide bonds. The highest BCUT2D eigenvalue weighted by Crippen LogP contribution is 2.15. The summed E-state index contributed by atoms with van der Waals surface area (Å²) in [4.78, 5) is 24.9. The van der Waals surface area contributed by atoms with E-state index in [-0.39, 0.29) is 23.9 Å². The summed E-state index contributed by atoms with van der Waals surface area (Å²) in [6, 6.07) is -0.0500.